The van der Waals surface area contributed by atoms with Crippen LogP contribution in [0.15, 0.2) is 0 Å². The molecule has 2 atom stereocenters. The van der Waals surface area contributed by atoms with Crippen molar-refractivity contribution in [1.29, 1.82) is 0 Å². The van der Waals surface area contributed by atoms with E-state index in [1.807, 2.05) is 0 Å². The number of rotatable bonds is 8. The SMILES string of the molecule is C[Si](C)(C)C(CCl)COCC(CCl)[Si](C)(C)C. The van der Waals surface area contributed by atoms with E-state index in [0.717, 1.165) is 13.2 Å². The average molecular weight is 315 g/mol. The molecule has 0 saturated carbocycles. The molecule has 0 aliphatic rings. The van der Waals surface area contributed by atoms with Crippen molar-refractivity contribution >= 4 is 39.3 Å². The highest BCUT2D eigenvalue weighted by Crippen LogP contribution is 2.26. The van der Waals surface area contributed by atoms with Crippen molar-refractivity contribution in [3.63, 3.8) is 0 Å². The molecule has 0 radical (unpaired) electrons. The minimum atomic E-state index is -1.19. The van der Waals surface area contributed by atoms with E-state index in [-0.39, 0.29) is 0 Å². The predicted molar refractivity (Wildman–Crippen MR) is 86.5 cm³/mol. The van der Waals surface area contributed by atoms with E-state index in [4.69, 9.17) is 27.9 Å². The molecule has 2 unspecified atom stereocenters. The van der Waals surface area contributed by atoms with E-state index < -0.39 is 16.1 Å². The Kier molecular flexibility index (Phi) is 7.97. The predicted octanol–water partition coefficient (Wildman–Crippen LogP) is 4.90. The van der Waals surface area contributed by atoms with Crippen LogP contribution in [-0.4, -0.2) is 41.1 Å². The number of halogens is 2. The Morgan fingerprint density at radius 3 is 1.24 bits per heavy atom. The lowest BCUT2D eigenvalue weighted by Crippen LogP contribution is -2.35. The van der Waals surface area contributed by atoms with Crippen LogP contribution in [0.1, 0.15) is 0 Å². The Labute approximate surface area is 119 Å². The summed E-state index contributed by atoms with van der Waals surface area (Å²) in [4.78, 5) is 0. The van der Waals surface area contributed by atoms with Gasteiger partial charge in [0.2, 0.25) is 0 Å². The van der Waals surface area contributed by atoms with Crippen LogP contribution >= 0.6 is 23.2 Å². The summed E-state index contributed by atoms with van der Waals surface area (Å²) in [5.41, 5.74) is 1.09. The molecular formula is C12H28Cl2OSi2. The molecule has 0 rings (SSSR count). The van der Waals surface area contributed by atoms with Crippen LogP contribution in [-0.2, 0) is 4.74 Å². The molecule has 0 aromatic rings. The van der Waals surface area contributed by atoms with Crippen molar-refractivity contribution in [2.24, 2.45) is 0 Å². The minimum Gasteiger partial charge on any atom is -0.381 e. The fourth-order valence-electron chi connectivity index (χ4n) is 1.40. The zero-order valence-corrected chi connectivity index (χ0v) is 15.7. The van der Waals surface area contributed by atoms with Crippen LogP contribution in [0.4, 0.5) is 0 Å². The molecule has 0 heterocycles. The van der Waals surface area contributed by atoms with Gasteiger partial charge < -0.3 is 4.74 Å². The summed E-state index contributed by atoms with van der Waals surface area (Å²) in [7, 11) is -2.39. The smallest absolute Gasteiger partial charge is 0.0515 e. The van der Waals surface area contributed by atoms with Gasteiger partial charge in [-0.25, -0.2) is 0 Å². The van der Waals surface area contributed by atoms with E-state index >= 15 is 0 Å². The monoisotopic (exact) mass is 314 g/mol. The minimum absolute atomic E-state index is 0.543. The van der Waals surface area contributed by atoms with E-state index in [1.54, 1.807) is 0 Å². The number of hydrogen-bond donors (Lipinski definition) is 0. The maximum Gasteiger partial charge on any atom is 0.0515 e. The molecule has 0 aliphatic heterocycles. The first-order chi connectivity index (χ1) is 7.62. The summed E-state index contributed by atoms with van der Waals surface area (Å²) in [5.74, 6) is 1.43. The summed E-state index contributed by atoms with van der Waals surface area (Å²) in [6.07, 6.45) is 0. The van der Waals surface area contributed by atoms with Crippen LogP contribution in [0, 0.1) is 0 Å². The lowest BCUT2D eigenvalue weighted by atomic mass is 10.5. The number of hydrogen-bond acceptors (Lipinski definition) is 1. The Bertz CT molecular complexity index is 190. The molecule has 0 bridgehead atoms. The molecule has 0 spiro atoms. The van der Waals surface area contributed by atoms with Gasteiger partial charge >= 0.3 is 0 Å². The highest BCUT2D eigenvalue weighted by molar-refractivity contribution is 6.78. The van der Waals surface area contributed by atoms with Crippen LogP contribution in [0.2, 0.25) is 50.4 Å². The van der Waals surface area contributed by atoms with Crippen LogP contribution in [0.3, 0.4) is 0 Å². The van der Waals surface area contributed by atoms with Crippen LogP contribution in [0.5, 0.6) is 0 Å². The zero-order valence-electron chi connectivity index (χ0n) is 12.1. The van der Waals surface area contributed by atoms with Crippen molar-refractivity contribution in [2.75, 3.05) is 25.0 Å². The molecule has 0 aromatic heterocycles. The summed E-state index contributed by atoms with van der Waals surface area (Å²) in [6, 6.07) is 0. The number of ether oxygens (including phenoxy) is 1. The van der Waals surface area contributed by atoms with Gasteiger partial charge in [-0.15, -0.1) is 23.2 Å². The van der Waals surface area contributed by atoms with Crippen molar-refractivity contribution in [3.05, 3.63) is 0 Å². The van der Waals surface area contributed by atoms with Gasteiger partial charge in [-0.05, 0) is 11.1 Å². The fraction of sp³-hybridized carbons (Fsp3) is 1.00. The summed E-state index contributed by atoms with van der Waals surface area (Å²) >= 11 is 12.1. The van der Waals surface area contributed by atoms with Gasteiger partial charge in [0, 0.05) is 25.0 Å². The molecule has 0 saturated heterocycles. The number of alkyl halides is 2. The maximum atomic E-state index is 6.03. The maximum absolute atomic E-state index is 6.03. The first-order valence-corrected chi connectivity index (χ1v) is 14.5. The van der Waals surface area contributed by atoms with Gasteiger partial charge in [0.15, 0.2) is 0 Å². The van der Waals surface area contributed by atoms with Gasteiger partial charge in [-0.3, -0.25) is 0 Å². The van der Waals surface area contributed by atoms with E-state index in [0.29, 0.717) is 22.8 Å². The van der Waals surface area contributed by atoms with E-state index in [2.05, 4.69) is 39.3 Å². The molecule has 1 nitrogen and oxygen atoms in total. The largest absolute Gasteiger partial charge is 0.381 e. The molecule has 0 aliphatic carbocycles. The second-order valence-electron chi connectivity index (χ2n) is 6.97. The second kappa shape index (κ2) is 7.54. The van der Waals surface area contributed by atoms with Crippen molar-refractivity contribution in [1.82, 2.24) is 0 Å². The summed E-state index contributed by atoms with van der Waals surface area (Å²) < 4.78 is 5.89. The van der Waals surface area contributed by atoms with Crippen molar-refractivity contribution in [2.45, 2.75) is 50.4 Å². The second-order valence-corrected chi connectivity index (χ2v) is 18.7. The lowest BCUT2D eigenvalue weighted by molar-refractivity contribution is 0.134. The van der Waals surface area contributed by atoms with Gasteiger partial charge in [0.1, 0.15) is 0 Å². The highest BCUT2D eigenvalue weighted by atomic mass is 35.5. The summed E-state index contributed by atoms with van der Waals surface area (Å²) in [5, 5.41) is 0. The quantitative estimate of drug-likeness (QED) is 0.457. The molecule has 5 heteroatoms. The first kappa shape index (κ1) is 18.0. The Morgan fingerprint density at radius 1 is 0.765 bits per heavy atom. The Morgan fingerprint density at radius 2 is 1.06 bits per heavy atom. The topological polar surface area (TPSA) is 9.23 Å². The van der Waals surface area contributed by atoms with E-state index in [1.165, 1.54) is 0 Å². The third-order valence-corrected chi connectivity index (χ3v) is 10.4. The van der Waals surface area contributed by atoms with Gasteiger partial charge in [-0.1, -0.05) is 39.3 Å². The van der Waals surface area contributed by atoms with Crippen LogP contribution in [0.25, 0.3) is 0 Å². The van der Waals surface area contributed by atoms with Crippen molar-refractivity contribution in [3.8, 4) is 0 Å². The van der Waals surface area contributed by atoms with Crippen molar-refractivity contribution < 1.29 is 4.74 Å². The Hall–Kier alpha value is 0.974. The summed E-state index contributed by atoms with van der Waals surface area (Å²) in [6.45, 7) is 15.7. The molecule has 0 fully saturated rings. The molecule has 104 valence electrons. The highest BCUT2D eigenvalue weighted by Gasteiger charge is 2.29. The van der Waals surface area contributed by atoms with Crippen LogP contribution < -0.4 is 0 Å². The van der Waals surface area contributed by atoms with Gasteiger partial charge in [-0.2, -0.15) is 0 Å². The zero-order chi connectivity index (χ0) is 13.7. The average Bonchev–Trinajstić information content (AvgIpc) is 2.13. The van der Waals surface area contributed by atoms with Gasteiger partial charge in [0.05, 0.1) is 16.1 Å². The van der Waals surface area contributed by atoms with Gasteiger partial charge in [0.25, 0.3) is 0 Å². The lowest BCUT2D eigenvalue weighted by Gasteiger charge is -2.30. The first-order valence-electron chi connectivity index (χ1n) is 6.32. The van der Waals surface area contributed by atoms with E-state index in [9.17, 15) is 0 Å². The third-order valence-electron chi connectivity index (χ3n) is 3.46. The molecule has 0 N–H and O–H groups in total. The normalized spacial score (nSPS) is 16.9. The fourth-order valence-corrected chi connectivity index (χ4v) is 6.52. The molecule has 0 amide bonds. The Balaban J connectivity index is 4.13. The molecule has 0 aromatic carbocycles. The third kappa shape index (κ3) is 7.21. The standard InChI is InChI=1S/C12H28Cl2OSi2/c1-16(2,3)11(7-13)9-15-10-12(8-14)17(4,5)6/h11-12H,7-10H2,1-6H3. The molecular weight excluding hydrogens is 287 g/mol. The molecule has 17 heavy (non-hydrogen) atoms.